The lowest BCUT2D eigenvalue weighted by Gasteiger charge is -2.20. The minimum absolute atomic E-state index is 0.184. The number of benzene rings is 1. The van der Waals surface area contributed by atoms with E-state index in [4.69, 9.17) is 17.4 Å². The Balaban J connectivity index is 2.84. The number of para-hydroxylation sites is 1. The van der Waals surface area contributed by atoms with Crippen molar-refractivity contribution in [1.82, 2.24) is 10.4 Å². The number of aromatic nitrogens is 1. The van der Waals surface area contributed by atoms with Crippen LogP contribution >= 0.6 is 11.6 Å². The Kier molecular flexibility index (Phi) is 3.47. The second-order valence-electron chi connectivity index (χ2n) is 5.41. The minimum atomic E-state index is -0.347. The number of amides is 1. The van der Waals surface area contributed by atoms with E-state index in [-0.39, 0.29) is 11.3 Å². The molecule has 1 heterocycles. The summed E-state index contributed by atoms with van der Waals surface area (Å²) >= 11 is 6.17. The molecular weight excluding hydrogens is 262 g/mol. The molecule has 0 aliphatic heterocycles. The van der Waals surface area contributed by atoms with E-state index >= 15 is 0 Å². The van der Waals surface area contributed by atoms with Gasteiger partial charge in [0.25, 0.3) is 5.91 Å². The number of carbonyl (C=O) groups is 1. The Morgan fingerprint density at radius 3 is 2.63 bits per heavy atom. The molecule has 5 heteroatoms. The third-order valence-electron chi connectivity index (χ3n) is 2.93. The number of nitrogens with zero attached hydrogens (tertiary/aromatic N) is 1. The lowest BCUT2D eigenvalue weighted by Crippen LogP contribution is -2.30. The molecule has 0 radical (unpaired) electrons. The highest BCUT2D eigenvalue weighted by Crippen LogP contribution is 2.29. The van der Waals surface area contributed by atoms with Crippen molar-refractivity contribution in [2.24, 2.45) is 5.84 Å². The highest BCUT2D eigenvalue weighted by Gasteiger charge is 2.21. The molecule has 1 aromatic carbocycles. The number of rotatable bonds is 1. The summed E-state index contributed by atoms with van der Waals surface area (Å²) in [5.74, 6) is 4.89. The van der Waals surface area contributed by atoms with E-state index in [9.17, 15) is 4.79 Å². The van der Waals surface area contributed by atoms with Crippen LogP contribution in [0.5, 0.6) is 0 Å². The van der Waals surface area contributed by atoms with E-state index in [1.54, 1.807) is 18.2 Å². The molecule has 0 saturated carbocycles. The fourth-order valence-electron chi connectivity index (χ4n) is 1.86. The quantitative estimate of drug-likeness (QED) is 0.478. The number of hydrogen-bond acceptors (Lipinski definition) is 3. The van der Waals surface area contributed by atoms with Gasteiger partial charge in [-0.15, -0.1) is 0 Å². The van der Waals surface area contributed by atoms with Gasteiger partial charge >= 0.3 is 0 Å². The number of nitrogens with one attached hydrogen (secondary N) is 1. The van der Waals surface area contributed by atoms with Gasteiger partial charge in [-0.2, -0.15) is 0 Å². The van der Waals surface area contributed by atoms with Crippen molar-refractivity contribution in [1.29, 1.82) is 0 Å². The fourth-order valence-corrected chi connectivity index (χ4v) is 2.08. The summed E-state index contributed by atoms with van der Waals surface area (Å²) in [7, 11) is 0. The molecule has 1 aromatic heterocycles. The third-order valence-corrected chi connectivity index (χ3v) is 3.24. The van der Waals surface area contributed by atoms with Crippen molar-refractivity contribution >= 4 is 28.4 Å². The van der Waals surface area contributed by atoms with E-state index in [0.717, 1.165) is 5.69 Å². The summed E-state index contributed by atoms with van der Waals surface area (Å²) < 4.78 is 0. The molecule has 0 aliphatic carbocycles. The Bertz CT molecular complexity index is 647. The number of hydrazine groups is 1. The van der Waals surface area contributed by atoms with E-state index in [1.165, 1.54) is 0 Å². The van der Waals surface area contributed by atoms with Crippen LogP contribution in [-0.2, 0) is 5.41 Å². The zero-order valence-electron chi connectivity index (χ0n) is 11.1. The third kappa shape index (κ3) is 2.55. The van der Waals surface area contributed by atoms with Crippen molar-refractivity contribution in [2.45, 2.75) is 26.2 Å². The first-order valence-electron chi connectivity index (χ1n) is 5.95. The van der Waals surface area contributed by atoms with Gasteiger partial charge in [0.05, 0.1) is 16.1 Å². The maximum atomic E-state index is 11.9. The lowest BCUT2D eigenvalue weighted by molar-refractivity contribution is 0.0955. The number of halogens is 1. The molecule has 2 aromatic rings. The molecule has 0 atom stereocenters. The van der Waals surface area contributed by atoms with Crippen molar-refractivity contribution in [3.63, 3.8) is 0 Å². The second kappa shape index (κ2) is 4.79. The molecule has 4 nitrogen and oxygen atoms in total. The molecular formula is C14H16ClN3O. The van der Waals surface area contributed by atoms with Gasteiger partial charge in [-0.1, -0.05) is 44.5 Å². The zero-order chi connectivity index (χ0) is 14.2. The number of carbonyl (C=O) groups excluding carboxylic acids is 1. The molecule has 2 rings (SSSR count). The summed E-state index contributed by atoms with van der Waals surface area (Å²) in [6.07, 6.45) is 0. The summed E-state index contributed by atoms with van der Waals surface area (Å²) in [6.45, 7) is 6.09. The van der Waals surface area contributed by atoms with Gasteiger partial charge in [0.15, 0.2) is 0 Å². The van der Waals surface area contributed by atoms with Crippen LogP contribution < -0.4 is 11.3 Å². The highest BCUT2D eigenvalue weighted by molar-refractivity contribution is 6.35. The molecule has 100 valence electrons. The van der Waals surface area contributed by atoms with Gasteiger partial charge in [0.2, 0.25) is 0 Å². The standard InChI is InChI=1S/C14H16ClN3O/c1-14(2,3)11-7-9(13(19)18-16)8-5-4-6-10(15)12(8)17-11/h4-7H,16H2,1-3H3,(H,18,19). The van der Waals surface area contributed by atoms with Gasteiger partial charge in [-0.05, 0) is 12.1 Å². The summed E-state index contributed by atoms with van der Waals surface area (Å²) in [4.78, 5) is 16.5. The van der Waals surface area contributed by atoms with E-state index in [0.29, 0.717) is 21.5 Å². The molecule has 3 N–H and O–H groups in total. The molecule has 0 aliphatic rings. The minimum Gasteiger partial charge on any atom is -0.290 e. The average molecular weight is 278 g/mol. The van der Waals surface area contributed by atoms with Crippen LogP contribution in [0.15, 0.2) is 24.3 Å². The molecule has 0 fully saturated rings. The van der Waals surface area contributed by atoms with E-state index in [2.05, 4.69) is 10.4 Å². The number of pyridine rings is 1. The van der Waals surface area contributed by atoms with Crippen molar-refractivity contribution < 1.29 is 4.79 Å². The fraction of sp³-hybridized carbons (Fsp3) is 0.286. The predicted molar refractivity (Wildman–Crippen MR) is 77.1 cm³/mol. The second-order valence-corrected chi connectivity index (χ2v) is 5.82. The summed E-state index contributed by atoms with van der Waals surface area (Å²) in [5.41, 5.74) is 3.88. The number of hydrogen-bond donors (Lipinski definition) is 2. The molecule has 19 heavy (non-hydrogen) atoms. The van der Waals surface area contributed by atoms with Gasteiger partial charge in [0, 0.05) is 16.5 Å². The zero-order valence-corrected chi connectivity index (χ0v) is 11.9. The Labute approximate surface area is 116 Å². The first-order chi connectivity index (χ1) is 8.84. The molecule has 0 saturated heterocycles. The summed E-state index contributed by atoms with van der Waals surface area (Å²) in [6, 6.07) is 7.12. The van der Waals surface area contributed by atoms with Crippen molar-refractivity contribution in [3.05, 3.63) is 40.5 Å². The normalized spacial score (nSPS) is 11.6. The lowest BCUT2D eigenvalue weighted by atomic mass is 9.89. The first-order valence-corrected chi connectivity index (χ1v) is 6.33. The average Bonchev–Trinajstić information content (AvgIpc) is 2.36. The van der Waals surface area contributed by atoms with Crippen LogP contribution in [0.1, 0.15) is 36.8 Å². The Hall–Kier alpha value is -1.65. The van der Waals surface area contributed by atoms with E-state index in [1.807, 2.05) is 26.8 Å². The topological polar surface area (TPSA) is 68.0 Å². The molecule has 0 unspecified atom stereocenters. The van der Waals surface area contributed by atoms with Crippen LogP contribution in [0.25, 0.3) is 10.9 Å². The maximum Gasteiger partial charge on any atom is 0.265 e. The smallest absolute Gasteiger partial charge is 0.265 e. The first kappa shape index (κ1) is 13.8. The highest BCUT2D eigenvalue weighted by atomic mass is 35.5. The maximum absolute atomic E-state index is 11.9. The summed E-state index contributed by atoms with van der Waals surface area (Å²) in [5, 5.41) is 1.22. The molecule has 1 amide bonds. The van der Waals surface area contributed by atoms with Gasteiger partial charge in [-0.25, -0.2) is 5.84 Å². The predicted octanol–water partition coefficient (Wildman–Crippen LogP) is 2.79. The molecule has 0 spiro atoms. The van der Waals surface area contributed by atoms with Gasteiger partial charge in [0.1, 0.15) is 0 Å². The molecule has 0 bridgehead atoms. The monoisotopic (exact) mass is 277 g/mol. The van der Waals surface area contributed by atoms with Crippen molar-refractivity contribution in [2.75, 3.05) is 0 Å². The Morgan fingerprint density at radius 2 is 2.05 bits per heavy atom. The van der Waals surface area contributed by atoms with Gasteiger partial charge < -0.3 is 0 Å². The van der Waals surface area contributed by atoms with Gasteiger partial charge in [-0.3, -0.25) is 15.2 Å². The number of fused-ring (bicyclic) bond motifs is 1. The van der Waals surface area contributed by atoms with Crippen LogP contribution in [0.3, 0.4) is 0 Å². The van der Waals surface area contributed by atoms with Crippen LogP contribution in [0.2, 0.25) is 5.02 Å². The van der Waals surface area contributed by atoms with Crippen molar-refractivity contribution in [3.8, 4) is 0 Å². The Morgan fingerprint density at radius 1 is 1.37 bits per heavy atom. The largest absolute Gasteiger partial charge is 0.290 e. The number of nitrogens with two attached hydrogens (primary N) is 1. The van der Waals surface area contributed by atoms with Crippen LogP contribution in [-0.4, -0.2) is 10.9 Å². The van der Waals surface area contributed by atoms with Crippen LogP contribution in [0, 0.1) is 0 Å². The van der Waals surface area contributed by atoms with Crippen LogP contribution in [0.4, 0.5) is 0 Å². The SMILES string of the molecule is CC(C)(C)c1cc(C(=O)NN)c2cccc(Cl)c2n1. The van der Waals surface area contributed by atoms with E-state index < -0.39 is 0 Å². The number of nitrogen functional groups attached to an aromatic ring is 1.